The van der Waals surface area contributed by atoms with Crippen LogP contribution >= 0.6 is 0 Å². The number of nitro benzene ring substituents is 1. The van der Waals surface area contributed by atoms with Crippen LogP contribution in [-0.4, -0.2) is 37.0 Å². The Balaban J connectivity index is 2.26. The van der Waals surface area contributed by atoms with Crippen LogP contribution in [0.15, 0.2) is 58.5 Å². The molecular weight excluding hydrogens is 380 g/mol. The van der Waals surface area contributed by atoms with Crippen molar-refractivity contribution >= 4 is 27.6 Å². The summed E-state index contributed by atoms with van der Waals surface area (Å²) >= 11 is 0. The van der Waals surface area contributed by atoms with Crippen molar-refractivity contribution in [3.05, 3.63) is 64.2 Å². The van der Waals surface area contributed by atoms with Crippen molar-refractivity contribution in [2.24, 2.45) is 5.10 Å². The number of rotatable bonds is 9. The summed E-state index contributed by atoms with van der Waals surface area (Å²) in [5, 5.41) is 15.5. The fourth-order valence-corrected chi connectivity index (χ4v) is 4.17. The lowest BCUT2D eigenvalue weighted by Crippen LogP contribution is -2.30. The van der Waals surface area contributed by atoms with Gasteiger partial charge in [0.05, 0.1) is 9.82 Å². The van der Waals surface area contributed by atoms with Crippen molar-refractivity contribution in [1.82, 2.24) is 4.31 Å². The van der Waals surface area contributed by atoms with Gasteiger partial charge in [0, 0.05) is 31.3 Å². The van der Waals surface area contributed by atoms with Gasteiger partial charge in [-0.1, -0.05) is 51.1 Å². The topological polar surface area (TPSA) is 105 Å². The van der Waals surface area contributed by atoms with Gasteiger partial charge in [-0.2, -0.15) is 9.41 Å². The molecule has 8 nitrogen and oxygen atoms in total. The van der Waals surface area contributed by atoms with E-state index in [9.17, 15) is 18.5 Å². The summed E-state index contributed by atoms with van der Waals surface area (Å²) in [6, 6.07) is 13.5. The van der Waals surface area contributed by atoms with Gasteiger partial charge in [0.2, 0.25) is 10.0 Å². The molecule has 2 aromatic carbocycles. The van der Waals surface area contributed by atoms with Crippen molar-refractivity contribution in [3.63, 3.8) is 0 Å². The maximum atomic E-state index is 12.6. The number of nitrogens with zero attached hydrogens (tertiary/aromatic N) is 3. The van der Waals surface area contributed by atoms with Gasteiger partial charge < -0.3 is 0 Å². The number of anilines is 1. The number of hydrogen-bond acceptors (Lipinski definition) is 6. The number of nitro groups is 1. The minimum Gasteiger partial charge on any atom is -0.272 e. The number of nitrogens with one attached hydrogen (secondary N) is 1. The predicted octanol–water partition coefficient (Wildman–Crippen LogP) is 3.83. The lowest BCUT2D eigenvalue weighted by molar-refractivity contribution is -0.384. The Bertz CT molecular complexity index is 942. The van der Waals surface area contributed by atoms with Gasteiger partial charge in [-0.3, -0.25) is 15.5 Å². The summed E-state index contributed by atoms with van der Waals surface area (Å²) in [6.45, 7) is 5.96. The van der Waals surface area contributed by atoms with Crippen LogP contribution in [0.1, 0.15) is 32.3 Å². The lowest BCUT2D eigenvalue weighted by atomic mass is 10.0. The molecule has 0 aromatic heterocycles. The second-order valence-electron chi connectivity index (χ2n) is 6.11. The zero-order valence-corrected chi connectivity index (χ0v) is 16.9. The first kappa shape index (κ1) is 21.5. The van der Waals surface area contributed by atoms with Crippen molar-refractivity contribution in [2.75, 3.05) is 18.5 Å². The minimum atomic E-state index is -3.78. The molecule has 1 N–H and O–H groups in total. The highest BCUT2D eigenvalue weighted by Gasteiger charge is 2.25. The second kappa shape index (κ2) is 9.43. The predicted molar refractivity (Wildman–Crippen MR) is 110 cm³/mol. The Hall–Kier alpha value is -2.78. The monoisotopic (exact) mass is 404 g/mol. The second-order valence-corrected chi connectivity index (χ2v) is 8.05. The molecule has 0 saturated carbocycles. The third kappa shape index (κ3) is 4.93. The Morgan fingerprint density at radius 3 is 2.39 bits per heavy atom. The van der Waals surface area contributed by atoms with Crippen molar-refractivity contribution < 1.29 is 13.3 Å². The van der Waals surface area contributed by atoms with Crippen LogP contribution in [-0.2, 0) is 10.0 Å². The van der Waals surface area contributed by atoms with E-state index in [-0.39, 0.29) is 35.3 Å². The summed E-state index contributed by atoms with van der Waals surface area (Å²) in [7, 11) is -3.78. The van der Waals surface area contributed by atoms with Gasteiger partial charge >= 0.3 is 0 Å². The first-order valence-corrected chi connectivity index (χ1v) is 10.4. The highest BCUT2D eigenvalue weighted by atomic mass is 32.2. The molecule has 150 valence electrons. The van der Waals surface area contributed by atoms with E-state index < -0.39 is 14.9 Å². The number of hydrogen-bond donors (Lipinski definition) is 1. The fraction of sp³-hybridized carbons (Fsp3) is 0.316. The van der Waals surface area contributed by atoms with Crippen molar-refractivity contribution in [3.8, 4) is 0 Å². The molecule has 0 spiro atoms. The molecule has 0 radical (unpaired) electrons. The van der Waals surface area contributed by atoms with Crippen LogP contribution in [0, 0.1) is 10.1 Å². The molecule has 0 aliphatic rings. The highest BCUT2D eigenvalue weighted by Crippen LogP contribution is 2.29. The normalized spacial score (nSPS) is 13.0. The van der Waals surface area contributed by atoms with E-state index in [1.54, 1.807) is 20.1 Å². The summed E-state index contributed by atoms with van der Waals surface area (Å²) < 4.78 is 26.4. The van der Waals surface area contributed by atoms with Gasteiger partial charge in [-0.15, -0.1) is 0 Å². The lowest BCUT2D eigenvalue weighted by Gasteiger charge is -2.18. The van der Waals surface area contributed by atoms with Crippen LogP contribution in [0.25, 0.3) is 0 Å². The molecule has 28 heavy (non-hydrogen) atoms. The molecule has 0 amide bonds. The summed E-state index contributed by atoms with van der Waals surface area (Å²) in [5.41, 5.74) is 3.48. The number of sulfonamides is 1. The minimum absolute atomic E-state index is 0.00933. The molecular formula is C19H24N4O4S. The molecule has 2 rings (SSSR count). The molecule has 0 aliphatic carbocycles. The van der Waals surface area contributed by atoms with E-state index in [0.717, 1.165) is 11.6 Å². The largest absolute Gasteiger partial charge is 0.295 e. The van der Waals surface area contributed by atoms with E-state index in [2.05, 4.69) is 10.5 Å². The van der Waals surface area contributed by atoms with E-state index in [1.165, 1.54) is 16.4 Å². The molecule has 0 unspecified atom stereocenters. The maximum absolute atomic E-state index is 12.6. The van der Waals surface area contributed by atoms with Crippen molar-refractivity contribution in [1.29, 1.82) is 0 Å². The Morgan fingerprint density at radius 1 is 1.18 bits per heavy atom. The van der Waals surface area contributed by atoms with Crippen molar-refractivity contribution in [2.45, 2.75) is 31.6 Å². The summed E-state index contributed by atoms with van der Waals surface area (Å²) in [5.74, 6) is 0.00933. The van der Waals surface area contributed by atoms with E-state index in [1.807, 2.05) is 37.3 Å². The Morgan fingerprint density at radius 2 is 1.82 bits per heavy atom. The zero-order chi connectivity index (χ0) is 20.7. The molecule has 2 aromatic rings. The maximum Gasteiger partial charge on any atom is 0.295 e. The van der Waals surface area contributed by atoms with E-state index in [0.29, 0.717) is 0 Å². The van der Waals surface area contributed by atoms with Crippen LogP contribution in [0.2, 0.25) is 0 Å². The van der Waals surface area contributed by atoms with E-state index in [4.69, 9.17) is 0 Å². The van der Waals surface area contributed by atoms with Gasteiger partial charge in [0.1, 0.15) is 5.69 Å². The van der Waals surface area contributed by atoms with Crippen LogP contribution in [0.4, 0.5) is 11.4 Å². The molecule has 0 bridgehead atoms. The molecule has 0 heterocycles. The first-order valence-electron chi connectivity index (χ1n) is 8.94. The zero-order valence-electron chi connectivity index (χ0n) is 16.1. The Kier molecular flexibility index (Phi) is 7.24. The highest BCUT2D eigenvalue weighted by molar-refractivity contribution is 7.89. The SMILES string of the molecule is CCN(CC)S(=O)(=O)c1ccc(N/N=C\[C@@H](C)c2ccccc2)c([N+](=O)[O-])c1. The van der Waals surface area contributed by atoms with Gasteiger partial charge in [-0.25, -0.2) is 8.42 Å². The first-order chi connectivity index (χ1) is 13.3. The molecule has 0 aliphatic heterocycles. The standard InChI is InChI=1S/C19H24N4O4S/c1-4-22(5-2)28(26,27)17-11-12-18(19(13-17)23(24)25)21-20-14-15(3)16-9-7-6-8-10-16/h6-15,21H,4-5H2,1-3H3/b20-14-/t15-/m1/s1. The van der Waals surface area contributed by atoms with Crippen LogP contribution in [0.3, 0.4) is 0 Å². The summed E-state index contributed by atoms with van der Waals surface area (Å²) in [4.78, 5) is 10.7. The molecule has 0 saturated heterocycles. The van der Waals surface area contributed by atoms with Crippen LogP contribution in [0.5, 0.6) is 0 Å². The third-order valence-corrected chi connectivity index (χ3v) is 6.36. The third-order valence-electron chi connectivity index (χ3n) is 4.32. The van der Waals surface area contributed by atoms with Crippen LogP contribution < -0.4 is 5.43 Å². The average Bonchev–Trinajstić information content (AvgIpc) is 2.69. The Labute approximate surface area is 165 Å². The van der Waals surface area contributed by atoms with Gasteiger partial charge in [-0.05, 0) is 17.7 Å². The smallest absolute Gasteiger partial charge is 0.272 e. The summed E-state index contributed by atoms with van der Waals surface area (Å²) in [6.07, 6.45) is 1.64. The number of hydrazone groups is 1. The van der Waals surface area contributed by atoms with E-state index >= 15 is 0 Å². The van der Waals surface area contributed by atoms with Gasteiger partial charge in [0.25, 0.3) is 5.69 Å². The fourth-order valence-electron chi connectivity index (χ4n) is 2.69. The molecule has 1 atom stereocenters. The molecule has 0 fully saturated rings. The quantitative estimate of drug-likeness (QED) is 0.388. The number of benzene rings is 2. The molecule has 9 heteroatoms. The van der Waals surface area contributed by atoms with Gasteiger partial charge in [0.15, 0.2) is 0 Å². The average molecular weight is 404 g/mol.